The molecule has 4 nitrogen and oxygen atoms in total. The van der Waals surface area contributed by atoms with Crippen LogP contribution < -0.4 is 10.5 Å². The number of hydrogen-bond donors (Lipinski definition) is 1. The van der Waals surface area contributed by atoms with E-state index in [0.717, 1.165) is 53.8 Å². The molecule has 0 aromatic heterocycles. The maximum absolute atomic E-state index is 13.1. The van der Waals surface area contributed by atoms with E-state index in [2.05, 4.69) is 23.6 Å². The van der Waals surface area contributed by atoms with Crippen molar-refractivity contribution in [2.45, 2.75) is 51.0 Å². The first kappa shape index (κ1) is 22.9. The first-order valence-electron chi connectivity index (χ1n) is 11.8. The number of carbonyl (C=O) groups is 1. The lowest BCUT2D eigenvalue weighted by Gasteiger charge is -2.31. The molecule has 0 spiro atoms. The normalized spacial score (nSPS) is 19.4. The van der Waals surface area contributed by atoms with Crippen molar-refractivity contribution in [1.29, 1.82) is 0 Å². The second kappa shape index (κ2) is 10.5. The van der Waals surface area contributed by atoms with Crippen molar-refractivity contribution >= 4 is 23.6 Å². The standard InChI is InChI=1S/C27H33ClN2O2/c1-2-19-17-24(32-15-13-29)10-11-25(19)20-8-9-21(26(28)18-20)16-22-12-14-30(27(22)31)23-6-4-3-5-7-23/h2,8-11,17-18,22-23H,1,3-7,12-16,29H2. The Balaban J connectivity index is 1.47. The molecule has 2 aliphatic rings. The molecule has 1 aliphatic carbocycles. The summed E-state index contributed by atoms with van der Waals surface area (Å²) >= 11 is 6.70. The molecule has 2 N–H and O–H groups in total. The SMILES string of the molecule is C=Cc1cc(OCCN)ccc1-c1ccc(CC2CCN(C3CCCCC3)C2=O)c(Cl)c1. The average molecular weight is 453 g/mol. The molecule has 1 heterocycles. The maximum Gasteiger partial charge on any atom is 0.226 e. The predicted octanol–water partition coefficient (Wildman–Crippen LogP) is 5.71. The van der Waals surface area contributed by atoms with E-state index in [1.807, 2.05) is 30.3 Å². The summed E-state index contributed by atoms with van der Waals surface area (Å²) < 4.78 is 5.63. The highest BCUT2D eigenvalue weighted by Crippen LogP contribution is 2.34. The minimum absolute atomic E-state index is 0.0444. The predicted molar refractivity (Wildman–Crippen MR) is 132 cm³/mol. The van der Waals surface area contributed by atoms with Crippen LogP contribution >= 0.6 is 11.6 Å². The summed E-state index contributed by atoms with van der Waals surface area (Å²) in [4.78, 5) is 15.2. The molecule has 1 saturated carbocycles. The number of rotatable bonds is 8. The van der Waals surface area contributed by atoms with Crippen LogP contribution in [0.2, 0.25) is 5.02 Å². The molecule has 1 saturated heterocycles. The summed E-state index contributed by atoms with van der Waals surface area (Å²) in [7, 11) is 0. The van der Waals surface area contributed by atoms with Crippen LogP contribution in [-0.4, -0.2) is 36.5 Å². The van der Waals surface area contributed by atoms with Gasteiger partial charge in [-0.05, 0) is 66.1 Å². The minimum Gasteiger partial charge on any atom is -0.492 e. The molecule has 0 bridgehead atoms. The lowest BCUT2D eigenvalue weighted by atomic mass is 9.93. The van der Waals surface area contributed by atoms with Crippen LogP contribution in [-0.2, 0) is 11.2 Å². The molecule has 2 fully saturated rings. The van der Waals surface area contributed by atoms with Gasteiger partial charge in [-0.25, -0.2) is 0 Å². The van der Waals surface area contributed by atoms with Crippen LogP contribution in [0.15, 0.2) is 43.0 Å². The number of amides is 1. The smallest absolute Gasteiger partial charge is 0.226 e. The van der Waals surface area contributed by atoms with Gasteiger partial charge in [-0.15, -0.1) is 0 Å². The van der Waals surface area contributed by atoms with E-state index in [1.165, 1.54) is 19.3 Å². The Morgan fingerprint density at radius 1 is 1.12 bits per heavy atom. The largest absolute Gasteiger partial charge is 0.492 e. The third kappa shape index (κ3) is 5.02. The molecule has 4 rings (SSSR count). The first-order valence-corrected chi connectivity index (χ1v) is 12.2. The van der Waals surface area contributed by atoms with Crippen LogP contribution in [0.25, 0.3) is 17.2 Å². The Morgan fingerprint density at radius 3 is 2.66 bits per heavy atom. The molecule has 5 heteroatoms. The van der Waals surface area contributed by atoms with Gasteiger partial charge in [0.1, 0.15) is 12.4 Å². The van der Waals surface area contributed by atoms with Crippen LogP contribution in [0.4, 0.5) is 0 Å². The van der Waals surface area contributed by atoms with Gasteiger partial charge in [0.25, 0.3) is 0 Å². The highest BCUT2D eigenvalue weighted by Gasteiger charge is 2.36. The Hall–Kier alpha value is -2.30. The van der Waals surface area contributed by atoms with Crippen molar-refractivity contribution in [3.05, 3.63) is 59.1 Å². The van der Waals surface area contributed by atoms with E-state index >= 15 is 0 Å². The number of likely N-dealkylation sites (tertiary alicyclic amines) is 1. The molecule has 32 heavy (non-hydrogen) atoms. The number of nitrogens with two attached hydrogens (primary N) is 1. The zero-order valence-corrected chi connectivity index (χ0v) is 19.4. The molecule has 1 aliphatic heterocycles. The van der Waals surface area contributed by atoms with Crippen molar-refractivity contribution in [3.8, 4) is 16.9 Å². The summed E-state index contributed by atoms with van der Waals surface area (Å²) in [5.74, 6) is 1.14. The van der Waals surface area contributed by atoms with Crippen molar-refractivity contribution in [1.82, 2.24) is 4.90 Å². The zero-order chi connectivity index (χ0) is 22.5. The summed E-state index contributed by atoms with van der Waals surface area (Å²) in [6.45, 7) is 5.80. The lowest BCUT2D eigenvalue weighted by molar-refractivity contribution is -0.133. The number of carbonyl (C=O) groups excluding carboxylic acids is 1. The number of halogens is 1. The van der Waals surface area contributed by atoms with Crippen LogP contribution in [0.1, 0.15) is 49.7 Å². The fraction of sp³-hybridized carbons (Fsp3) is 0.444. The van der Waals surface area contributed by atoms with E-state index in [-0.39, 0.29) is 5.92 Å². The number of benzene rings is 2. The minimum atomic E-state index is 0.0444. The fourth-order valence-electron chi connectivity index (χ4n) is 5.09. The van der Waals surface area contributed by atoms with Gasteiger partial charge >= 0.3 is 0 Å². The van der Waals surface area contributed by atoms with Crippen LogP contribution in [0.5, 0.6) is 5.75 Å². The summed E-state index contributed by atoms with van der Waals surface area (Å²) in [5, 5.41) is 0.713. The topological polar surface area (TPSA) is 55.6 Å². The Labute approximate surface area is 196 Å². The summed E-state index contributed by atoms with van der Waals surface area (Å²) in [6, 6.07) is 12.5. The molecular formula is C27H33ClN2O2. The first-order chi connectivity index (χ1) is 15.6. The monoisotopic (exact) mass is 452 g/mol. The Morgan fingerprint density at radius 2 is 1.94 bits per heavy atom. The van der Waals surface area contributed by atoms with Gasteiger partial charge in [0.05, 0.1) is 0 Å². The molecule has 170 valence electrons. The molecule has 1 amide bonds. The van der Waals surface area contributed by atoms with Crippen LogP contribution in [0.3, 0.4) is 0 Å². The third-order valence-electron chi connectivity index (χ3n) is 6.83. The number of ether oxygens (including phenoxy) is 1. The van der Waals surface area contributed by atoms with Crippen molar-refractivity contribution < 1.29 is 9.53 Å². The molecule has 2 aromatic carbocycles. The lowest BCUT2D eigenvalue weighted by Crippen LogP contribution is -2.39. The van der Waals surface area contributed by atoms with Gasteiger partial charge in [-0.3, -0.25) is 4.79 Å². The Kier molecular flexibility index (Phi) is 7.54. The van der Waals surface area contributed by atoms with Crippen molar-refractivity contribution in [2.24, 2.45) is 11.7 Å². The summed E-state index contributed by atoms with van der Waals surface area (Å²) in [6.07, 6.45) is 9.59. The second-order valence-corrected chi connectivity index (χ2v) is 9.32. The van der Waals surface area contributed by atoms with Gasteiger partial charge < -0.3 is 15.4 Å². The molecule has 1 atom stereocenters. The molecule has 0 radical (unpaired) electrons. The highest BCUT2D eigenvalue weighted by molar-refractivity contribution is 6.31. The third-order valence-corrected chi connectivity index (χ3v) is 7.18. The number of hydrogen-bond acceptors (Lipinski definition) is 3. The van der Waals surface area contributed by atoms with Gasteiger partial charge in [0.15, 0.2) is 0 Å². The van der Waals surface area contributed by atoms with E-state index in [4.69, 9.17) is 22.1 Å². The molecule has 1 unspecified atom stereocenters. The summed E-state index contributed by atoms with van der Waals surface area (Å²) in [5.41, 5.74) is 9.63. The number of nitrogens with zero attached hydrogens (tertiary/aromatic N) is 1. The van der Waals surface area contributed by atoms with E-state index < -0.39 is 0 Å². The fourth-order valence-corrected chi connectivity index (χ4v) is 5.35. The second-order valence-electron chi connectivity index (χ2n) is 8.91. The van der Waals surface area contributed by atoms with Crippen molar-refractivity contribution in [3.63, 3.8) is 0 Å². The van der Waals surface area contributed by atoms with Crippen LogP contribution in [0, 0.1) is 5.92 Å². The highest BCUT2D eigenvalue weighted by atomic mass is 35.5. The quantitative estimate of drug-likeness (QED) is 0.558. The van der Waals surface area contributed by atoms with Gasteiger partial charge in [0, 0.05) is 30.1 Å². The average Bonchev–Trinajstić information content (AvgIpc) is 3.19. The van der Waals surface area contributed by atoms with Gasteiger partial charge in [0.2, 0.25) is 5.91 Å². The van der Waals surface area contributed by atoms with E-state index in [1.54, 1.807) is 0 Å². The maximum atomic E-state index is 13.1. The van der Waals surface area contributed by atoms with Gasteiger partial charge in [-0.1, -0.05) is 61.7 Å². The molecular weight excluding hydrogens is 420 g/mol. The van der Waals surface area contributed by atoms with E-state index in [0.29, 0.717) is 36.5 Å². The Bertz CT molecular complexity index is 968. The van der Waals surface area contributed by atoms with Gasteiger partial charge in [-0.2, -0.15) is 0 Å². The molecule has 2 aromatic rings. The van der Waals surface area contributed by atoms with Crippen molar-refractivity contribution in [2.75, 3.05) is 19.7 Å². The zero-order valence-electron chi connectivity index (χ0n) is 18.7. The van der Waals surface area contributed by atoms with E-state index in [9.17, 15) is 4.79 Å².